The highest BCUT2D eigenvalue weighted by Crippen LogP contribution is 2.47. The third kappa shape index (κ3) is 13.7. The van der Waals surface area contributed by atoms with Crippen molar-refractivity contribution in [2.45, 2.75) is 0 Å². The molecule has 0 saturated carbocycles. The summed E-state index contributed by atoms with van der Waals surface area (Å²) < 4.78 is 22.3. The van der Waals surface area contributed by atoms with E-state index in [1.807, 2.05) is 24.3 Å². The van der Waals surface area contributed by atoms with Crippen LogP contribution in [-0.4, -0.2) is 18.3 Å². The van der Waals surface area contributed by atoms with Crippen LogP contribution in [-0.2, 0) is 0 Å². The number of furan rings is 2. The van der Waals surface area contributed by atoms with Crippen LogP contribution in [0.1, 0.15) is 0 Å². The first kappa shape index (κ1) is 79.4. The van der Waals surface area contributed by atoms with Crippen LogP contribution in [0.2, 0.25) is 0 Å². The molecule has 6 heteroatoms. The van der Waals surface area contributed by atoms with Gasteiger partial charge in [-0.1, -0.05) is 315 Å². The first-order valence-electron chi connectivity index (χ1n) is 47.3. The number of aromatic nitrogens is 4. The summed E-state index contributed by atoms with van der Waals surface area (Å²) >= 11 is 0. The molecule has 0 bridgehead atoms. The predicted octanol–water partition coefficient (Wildman–Crippen LogP) is 36.2. The first-order chi connectivity index (χ1) is 68.4. The van der Waals surface area contributed by atoms with E-state index < -0.39 is 0 Å². The molecule has 0 fully saturated rings. The Morgan fingerprint density at radius 1 is 0.101 bits per heavy atom. The lowest BCUT2D eigenvalue weighted by Crippen LogP contribution is -1.95. The largest absolute Gasteiger partial charge is 0.456 e. The number of para-hydroxylation sites is 4. The van der Waals surface area contributed by atoms with Crippen LogP contribution in [0, 0.1) is 0 Å². The van der Waals surface area contributed by atoms with E-state index in [1.54, 1.807) is 0 Å². The molecular weight excluding hydrogens is 1670 g/mol. The van der Waals surface area contributed by atoms with Gasteiger partial charge in [0.05, 0.1) is 44.1 Å². The van der Waals surface area contributed by atoms with Gasteiger partial charge < -0.3 is 27.1 Å². The van der Waals surface area contributed by atoms with E-state index in [1.165, 1.54) is 182 Å². The number of nitrogens with zero attached hydrogens (tertiary/aromatic N) is 4. The molecule has 644 valence electrons. The Hall–Kier alpha value is -18.4. The Kier molecular flexibility index (Phi) is 18.9. The second kappa shape index (κ2) is 32.8. The van der Waals surface area contributed by atoms with Crippen molar-refractivity contribution in [2.75, 3.05) is 0 Å². The van der Waals surface area contributed by atoms with Crippen LogP contribution in [0.15, 0.2) is 518 Å². The molecule has 138 heavy (non-hydrogen) atoms. The summed E-state index contributed by atoms with van der Waals surface area (Å²) in [4.78, 5) is 0. The topological polar surface area (TPSA) is 46.0 Å². The van der Waals surface area contributed by atoms with Crippen LogP contribution < -0.4 is 0 Å². The molecule has 28 aromatic rings. The van der Waals surface area contributed by atoms with Gasteiger partial charge in [0.1, 0.15) is 22.3 Å². The van der Waals surface area contributed by atoms with Crippen molar-refractivity contribution in [3.8, 4) is 134 Å². The molecule has 0 N–H and O–H groups in total. The smallest absolute Gasteiger partial charge is 0.137 e. The van der Waals surface area contributed by atoms with Gasteiger partial charge in [-0.15, -0.1) is 0 Å². The number of hydrogen-bond acceptors (Lipinski definition) is 2. The molecule has 0 unspecified atom stereocenters. The quantitative estimate of drug-likeness (QED) is 0.109. The maximum absolute atomic E-state index is 6.37. The van der Waals surface area contributed by atoms with Crippen LogP contribution in [0.3, 0.4) is 0 Å². The third-order valence-electron chi connectivity index (χ3n) is 28.2. The third-order valence-corrected chi connectivity index (χ3v) is 28.2. The zero-order chi connectivity index (χ0) is 90.8. The van der Waals surface area contributed by atoms with E-state index >= 15 is 0 Å². The lowest BCUT2D eigenvalue weighted by atomic mass is 9.93. The molecule has 0 amide bonds. The maximum atomic E-state index is 6.37. The molecule has 0 aliphatic carbocycles. The average Bonchev–Trinajstić information content (AvgIpc) is 1.58. The Morgan fingerprint density at radius 3 is 0.681 bits per heavy atom. The fraction of sp³-hybridized carbons (Fsp3) is 0. The summed E-state index contributed by atoms with van der Waals surface area (Å²) in [5.41, 5.74) is 41.1. The van der Waals surface area contributed by atoms with Gasteiger partial charge in [-0.25, -0.2) is 0 Å². The fourth-order valence-electron chi connectivity index (χ4n) is 21.6. The zero-order valence-electron chi connectivity index (χ0n) is 75.1. The van der Waals surface area contributed by atoms with E-state index in [9.17, 15) is 0 Å². The molecular formula is C132H84N4O2. The van der Waals surface area contributed by atoms with Crippen LogP contribution >= 0.6 is 0 Å². The molecule has 0 saturated heterocycles. The standard InChI is InChI=1S/2C66H42N2O/c1-4-15-43(16-5-1)47-27-32-63-59(39-47)60-41-49(48-28-33-62-58(40-48)55-23-10-12-25-61(55)68(62)54-30-31-57-56-24-11-13-26-65(56)69-66(57)42-54)29-34-64(60)67(63)53-22-14-21-46(38-53)52-36-50(44-17-6-2-7-18-44)35-51(37-52)45-19-8-3-9-20-45;1-4-15-43(16-5-1)47-27-31-63-58(39-47)59-41-49(48-28-32-62-57(40-48)55-23-10-12-25-61(55)68(62)54-30-34-66-60(42-54)56-24-11-13-26-65(56)69-66)29-33-64(59)67(63)53-22-14-21-46(38-53)52-36-50(44-17-6-2-7-18-44)35-51(37-52)45-19-8-3-9-20-45/h2*1-42H. The summed E-state index contributed by atoms with van der Waals surface area (Å²) in [5.74, 6) is 0. The average molecular weight is 1760 g/mol. The molecule has 0 aliphatic heterocycles. The maximum Gasteiger partial charge on any atom is 0.137 e. The van der Waals surface area contributed by atoms with Crippen LogP contribution in [0.4, 0.5) is 0 Å². The second-order valence-electron chi connectivity index (χ2n) is 36.2. The van der Waals surface area contributed by atoms with Crippen LogP contribution in [0.5, 0.6) is 0 Å². The Labute approximate surface area is 796 Å². The van der Waals surface area contributed by atoms with Crippen LogP contribution in [0.25, 0.3) is 265 Å². The van der Waals surface area contributed by atoms with Crippen molar-refractivity contribution < 1.29 is 8.83 Å². The monoisotopic (exact) mass is 1760 g/mol. The molecule has 6 aromatic heterocycles. The molecule has 0 spiro atoms. The predicted molar refractivity (Wildman–Crippen MR) is 579 cm³/mol. The van der Waals surface area contributed by atoms with Crippen molar-refractivity contribution in [1.29, 1.82) is 0 Å². The summed E-state index contributed by atoms with van der Waals surface area (Å²) in [7, 11) is 0. The molecule has 0 radical (unpaired) electrons. The number of rotatable bonds is 14. The van der Waals surface area contributed by atoms with E-state index in [4.69, 9.17) is 8.83 Å². The second-order valence-corrected chi connectivity index (χ2v) is 36.2. The zero-order valence-corrected chi connectivity index (χ0v) is 75.1. The minimum Gasteiger partial charge on any atom is -0.456 e. The van der Waals surface area contributed by atoms with Gasteiger partial charge in [-0.3, -0.25) is 0 Å². The summed E-state index contributed by atoms with van der Waals surface area (Å²) in [6, 6.07) is 185. The number of fused-ring (bicyclic) bond motifs is 18. The van der Waals surface area contributed by atoms with E-state index in [-0.39, 0.29) is 0 Å². The minimum atomic E-state index is 0.889. The molecule has 6 heterocycles. The highest BCUT2D eigenvalue weighted by atomic mass is 16.3. The Bertz CT molecular complexity index is 9570. The van der Waals surface area contributed by atoms with Gasteiger partial charge in [-0.05, 0) is 299 Å². The van der Waals surface area contributed by atoms with E-state index in [0.717, 1.165) is 83.2 Å². The van der Waals surface area contributed by atoms with E-state index in [0.29, 0.717) is 0 Å². The van der Waals surface area contributed by atoms with Crippen molar-refractivity contribution in [3.63, 3.8) is 0 Å². The summed E-state index contributed by atoms with van der Waals surface area (Å²) in [6.07, 6.45) is 0. The van der Waals surface area contributed by atoms with Gasteiger partial charge >= 0.3 is 0 Å². The number of hydrogen-bond donors (Lipinski definition) is 0. The SMILES string of the molecule is c1ccc(-c2cc(-c3ccccc3)cc(-c3cccc(-n4c5ccc(-c6ccccc6)cc5c5cc(-c6ccc7c(c6)c6ccccc6n7-c6ccc7c(c6)oc6ccccc67)ccc54)c3)c2)cc1.c1ccc(-c2cc(-c3ccccc3)cc(-c3cccc(-n4c5ccc(-c6ccccc6)cc5c5cc(-c6ccc7c(c6)c6ccccc6n7-c6ccc7oc8ccccc8c7c6)ccc54)c3)c2)cc1. The van der Waals surface area contributed by atoms with Crippen molar-refractivity contribution in [2.24, 2.45) is 0 Å². The van der Waals surface area contributed by atoms with Crippen molar-refractivity contribution >= 4 is 131 Å². The normalized spacial score (nSPS) is 11.8. The number of benzene rings is 22. The Balaban J connectivity index is 0.000000139. The summed E-state index contributed by atoms with van der Waals surface area (Å²) in [5, 5.41) is 14.3. The minimum absolute atomic E-state index is 0.889. The van der Waals surface area contributed by atoms with Crippen molar-refractivity contribution in [1.82, 2.24) is 18.3 Å². The lowest BCUT2D eigenvalue weighted by molar-refractivity contribution is 0.668. The molecule has 0 atom stereocenters. The fourth-order valence-corrected chi connectivity index (χ4v) is 21.6. The van der Waals surface area contributed by atoms with Gasteiger partial charge in [0, 0.05) is 93.5 Å². The van der Waals surface area contributed by atoms with Gasteiger partial charge in [0.2, 0.25) is 0 Å². The Morgan fingerprint density at radius 2 is 0.326 bits per heavy atom. The highest BCUT2D eigenvalue weighted by molar-refractivity contribution is 6.17. The summed E-state index contributed by atoms with van der Waals surface area (Å²) in [6.45, 7) is 0. The lowest BCUT2D eigenvalue weighted by Gasteiger charge is -2.14. The first-order valence-corrected chi connectivity index (χ1v) is 47.3. The van der Waals surface area contributed by atoms with Crippen molar-refractivity contribution in [3.05, 3.63) is 510 Å². The molecule has 0 aliphatic rings. The van der Waals surface area contributed by atoms with E-state index in [2.05, 4.69) is 504 Å². The van der Waals surface area contributed by atoms with Gasteiger partial charge in [-0.2, -0.15) is 0 Å². The highest BCUT2D eigenvalue weighted by Gasteiger charge is 2.24. The van der Waals surface area contributed by atoms with Gasteiger partial charge in [0.25, 0.3) is 0 Å². The molecule has 6 nitrogen and oxygen atoms in total. The molecule has 28 rings (SSSR count). The molecule has 22 aromatic carbocycles. The van der Waals surface area contributed by atoms with Gasteiger partial charge in [0.15, 0.2) is 0 Å².